The largest absolute Gasteiger partial charge is 0.497 e. The van der Waals surface area contributed by atoms with Crippen LogP contribution in [0.3, 0.4) is 0 Å². The van der Waals surface area contributed by atoms with Crippen molar-refractivity contribution in [1.29, 1.82) is 0 Å². The van der Waals surface area contributed by atoms with E-state index in [1.807, 2.05) is 24.3 Å². The molecule has 3 heteroatoms. The second-order valence-electron chi connectivity index (χ2n) is 4.22. The van der Waals surface area contributed by atoms with Crippen molar-refractivity contribution in [1.82, 2.24) is 0 Å². The fourth-order valence-electron chi connectivity index (χ4n) is 1.89. The molecule has 0 heterocycles. The molecule has 1 aromatic rings. The average molecular weight is 235 g/mol. The number of hydrogen-bond acceptors (Lipinski definition) is 3. The highest BCUT2D eigenvalue weighted by Gasteiger charge is 2.16. The van der Waals surface area contributed by atoms with Crippen molar-refractivity contribution in [3.05, 3.63) is 29.8 Å². The molecule has 1 aromatic carbocycles. The molecular weight excluding hydrogens is 214 g/mol. The van der Waals surface area contributed by atoms with Gasteiger partial charge in [-0.15, -0.1) is 0 Å². The van der Waals surface area contributed by atoms with Gasteiger partial charge in [0.05, 0.1) is 7.11 Å². The van der Waals surface area contributed by atoms with Gasteiger partial charge in [-0.05, 0) is 24.1 Å². The molecule has 0 saturated carbocycles. The fraction of sp³-hybridized carbons (Fsp3) is 0.500. The first-order chi connectivity index (χ1) is 8.21. The van der Waals surface area contributed by atoms with E-state index in [0.717, 1.165) is 24.2 Å². The van der Waals surface area contributed by atoms with Crippen LogP contribution in [0.4, 0.5) is 0 Å². The van der Waals surface area contributed by atoms with Crippen molar-refractivity contribution in [3.63, 3.8) is 0 Å². The smallest absolute Gasteiger partial charge is 0.141 e. The minimum Gasteiger partial charge on any atom is -0.497 e. The summed E-state index contributed by atoms with van der Waals surface area (Å²) >= 11 is 0. The van der Waals surface area contributed by atoms with Crippen LogP contribution in [-0.2, 0) is 11.2 Å². The summed E-state index contributed by atoms with van der Waals surface area (Å²) in [5.74, 6) is 1.00. The van der Waals surface area contributed by atoms with Crippen molar-refractivity contribution in [2.45, 2.75) is 26.2 Å². The zero-order valence-electron chi connectivity index (χ0n) is 10.6. The number of hydrogen-bond donors (Lipinski definition) is 1. The van der Waals surface area contributed by atoms with Gasteiger partial charge in [0.1, 0.15) is 11.5 Å². The fourth-order valence-corrected chi connectivity index (χ4v) is 1.89. The number of rotatable bonds is 7. The number of methoxy groups -OCH3 is 1. The Kier molecular flexibility index (Phi) is 5.70. The van der Waals surface area contributed by atoms with E-state index in [1.54, 1.807) is 7.11 Å². The predicted octanol–water partition coefficient (Wildman–Crippen LogP) is 2.18. The standard InChI is InChI=1S/C14H21NO2/c1-3-5-12(10-15)14(16)9-11-6-4-7-13(8-11)17-2/h4,6-8,12H,3,5,9-10,15H2,1-2H3. The van der Waals surface area contributed by atoms with Crippen molar-refractivity contribution in [2.24, 2.45) is 11.7 Å². The van der Waals surface area contributed by atoms with Crippen LogP contribution in [0.2, 0.25) is 0 Å². The van der Waals surface area contributed by atoms with E-state index in [-0.39, 0.29) is 11.7 Å². The first-order valence-electron chi connectivity index (χ1n) is 6.07. The maximum absolute atomic E-state index is 12.0. The summed E-state index contributed by atoms with van der Waals surface area (Å²) in [6.07, 6.45) is 2.31. The van der Waals surface area contributed by atoms with Gasteiger partial charge >= 0.3 is 0 Å². The Labute approximate surface area is 103 Å². The number of carbonyl (C=O) groups excluding carboxylic acids is 1. The molecule has 2 N–H and O–H groups in total. The third-order valence-electron chi connectivity index (χ3n) is 2.89. The molecule has 94 valence electrons. The van der Waals surface area contributed by atoms with Gasteiger partial charge in [0, 0.05) is 18.9 Å². The molecule has 0 saturated heterocycles. The first-order valence-corrected chi connectivity index (χ1v) is 6.07. The third-order valence-corrected chi connectivity index (χ3v) is 2.89. The van der Waals surface area contributed by atoms with Crippen LogP contribution in [0.1, 0.15) is 25.3 Å². The molecule has 1 atom stereocenters. The van der Waals surface area contributed by atoms with E-state index in [0.29, 0.717) is 13.0 Å². The number of ether oxygens (including phenoxy) is 1. The van der Waals surface area contributed by atoms with Crippen molar-refractivity contribution in [3.8, 4) is 5.75 Å². The molecule has 0 aliphatic rings. The SMILES string of the molecule is CCCC(CN)C(=O)Cc1cccc(OC)c1. The van der Waals surface area contributed by atoms with E-state index >= 15 is 0 Å². The monoisotopic (exact) mass is 235 g/mol. The number of carbonyl (C=O) groups is 1. The lowest BCUT2D eigenvalue weighted by Gasteiger charge is -2.12. The summed E-state index contributed by atoms with van der Waals surface area (Å²) in [7, 11) is 1.63. The predicted molar refractivity (Wildman–Crippen MR) is 69.2 cm³/mol. The number of nitrogens with two attached hydrogens (primary N) is 1. The summed E-state index contributed by atoms with van der Waals surface area (Å²) in [6, 6.07) is 7.62. The number of benzene rings is 1. The highest BCUT2D eigenvalue weighted by molar-refractivity contribution is 5.83. The Morgan fingerprint density at radius 1 is 1.47 bits per heavy atom. The quantitative estimate of drug-likeness (QED) is 0.788. The van der Waals surface area contributed by atoms with E-state index in [2.05, 4.69) is 6.92 Å². The minimum atomic E-state index is -0.00815. The van der Waals surface area contributed by atoms with Gasteiger partial charge in [-0.2, -0.15) is 0 Å². The van der Waals surface area contributed by atoms with Gasteiger partial charge in [-0.25, -0.2) is 0 Å². The van der Waals surface area contributed by atoms with Crippen LogP contribution >= 0.6 is 0 Å². The summed E-state index contributed by atoms with van der Waals surface area (Å²) in [6.45, 7) is 2.51. The van der Waals surface area contributed by atoms with Gasteiger partial charge in [0.15, 0.2) is 0 Å². The summed E-state index contributed by atoms with van der Waals surface area (Å²) in [4.78, 5) is 12.0. The first kappa shape index (κ1) is 13.7. The minimum absolute atomic E-state index is 0.00815. The van der Waals surface area contributed by atoms with Crippen LogP contribution in [0.25, 0.3) is 0 Å². The molecule has 0 aromatic heterocycles. The Morgan fingerprint density at radius 3 is 2.82 bits per heavy atom. The molecule has 0 fully saturated rings. The van der Waals surface area contributed by atoms with E-state index in [9.17, 15) is 4.79 Å². The maximum atomic E-state index is 12.0. The lowest BCUT2D eigenvalue weighted by atomic mass is 9.94. The van der Waals surface area contributed by atoms with Gasteiger partial charge in [-0.3, -0.25) is 4.79 Å². The highest BCUT2D eigenvalue weighted by atomic mass is 16.5. The molecule has 0 aliphatic carbocycles. The maximum Gasteiger partial charge on any atom is 0.141 e. The van der Waals surface area contributed by atoms with E-state index in [4.69, 9.17) is 10.5 Å². The molecule has 1 unspecified atom stereocenters. The molecule has 0 amide bonds. The second-order valence-corrected chi connectivity index (χ2v) is 4.22. The van der Waals surface area contributed by atoms with Gasteiger partial charge in [-0.1, -0.05) is 25.5 Å². The summed E-state index contributed by atoms with van der Waals surface area (Å²) in [5.41, 5.74) is 6.61. The zero-order chi connectivity index (χ0) is 12.7. The van der Waals surface area contributed by atoms with Crippen LogP contribution in [0.15, 0.2) is 24.3 Å². The number of Topliss-reactive ketones (excluding diaryl/α,β-unsaturated/α-hetero) is 1. The zero-order valence-corrected chi connectivity index (χ0v) is 10.6. The van der Waals surface area contributed by atoms with Crippen LogP contribution in [-0.4, -0.2) is 19.4 Å². The molecule has 1 rings (SSSR count). The Morgan fingerprint density at radius 2 is 2.24 bits per heavy atom. The Hall–Kier alpha value is -1.35. The highest BCUT2D eigenvalue weighted by Crippen LogP contribution is 2.15. The van der Waals surface area contributed by atoms with Crippen molar-refractivity contribution < 1.29 is 9.53 Å². The van der Waals surface area contributed by atoms with Crippen LogP contribution < -0.4 is 10.5 Å². The van der Waals surface area contributed by atoms with Crippen LogP contribution in [0.5, 0.6) is 5.75 Å². The summed E-state index contributed by atoms with van der Waals surface area (Å²) in [5, 5.41) is 0. The summed E-state index contributed by atoms with van der Waals surface area (Å²) < 4.78 is 5.13. The molecule has 0 aliphatic heterocycles. The van der Waals surface area contributed by atoms with Gasteiger partial charge < -0.3 is 10.5 Å². The number of ketones is 1. The van der Waals surface area contributed by atoms with Crippen molar-refractivity contribution in [2.75, 3.05) is 13.7 Å². The van der Waals surface area contributed by atoms with Gasteiger partial charge in [0.25, 0.3) is 0 Å². The Bertz CT molecular complexity index is 363. The lowest BCUT2D eigenvalue weighted by Crippen LogP contribution is -2.25. The molecule has 3 nitrogen and oxygen atoms in total. The van der Waals surface area contributed by atoms with E-state index in [1.165, 1.54) is 0 Å². The topological polar surface area (TPSA) is 52.3 Å². The molecular formula is C14H21NO2. The lowest BCUT2D eigenvalue weighted by molar-refractivity contribution is -0.122. The van der Waals surface area contributed by atoms with E-state index < -0.39 is 0 Å². The molecule has 0 spiro atoms. The molecule has 17 heavy (non-hydrogen) atoms. The Balaban J connectivity index is 2.65. The average Bonchev–Trinajstić information content (AvgIpc) is 2.36. The van der Waals surface area contributed by atoms with Gasteiger partial charge in [0.2, 0.25) is 0 Å². The van der Waals surface area contributed by atoms with Crippen LogP contribution in [0, 0.1) is 5.92 Å². The third kappa shape index (κ3) is 4.19. The molecule has 0 bridgehead atoms. The van der Waals surface area contributed by atoms with Crippen molar-refractivity contribution >= 4 is 5.78 Å². The second kappa shape index (κ2) is 7.07. The molecule has 0 radical (unpaired) electrons. The normalized spacial score (nSPS) is 12.2.